The lowest BCUT2D eigenvalue weighted by molar-refractivity contribution is -0.304. The number of hydrogen-bond acceptors (Lipinski definition) is 4. The summed E-state index contributed by atoms with van der Waals surface area (Å²) in [5, 5.41) is 0. The van der Waals surface area contributed by atoms with E-state index in [0.717, 1.165) is 31.6 Å². The van der Waals surface area contributed by atoms with Crippen molar-refractivity contribution in [3.05, 3.63) is 60.2 Å². The van der Waals surface area contributed by atoms with E-state index in [2.05, 4.69) is 82.3 Å². The summed E-state index contributed by atoms with van der Waals surface area (Å²) in [5.41, 5.74) is 3.40. The first kappa shape index (κ1) is 39.5. The third-order valence-corrected chi connectivity index (χ3v) is 12.7. The number of rotatable bonds is 20. The van der Waals surface area contributed by atoms with Crippen LogP contribution in [-0.2, 0) is 18.9 Å². The highest BCUT2D eigenvalue weighted by Gasteiger charge is 2.49. The van der Waals surface area contributed by atoms with Crippen molar-refractivity contribution in [1.82, 2.24) is 0 Å². The fourth-order valence-corrected chi connectivity index (χ4v) is 9.11. The molecule has 2 aromatic carbocycles. The van der Waals surface area contributed by atoms with E-state index in [-0.39, 0.29) is 18.2 Å². The van der Waals surface area contributed by atoms with Gasteiger partial charge in [0.15, 0.2) is 12.6 Å². The highest BCUT2D eigenvalue weighted by Crippen LogP contribution is 2.49. The van der Waals surface area contributed by atoms with Gasteiger partial charge in [-0.2, -0.15) is 0 Å². The maximum atomic E-state index is 7.17. The number of hydrogen-bond donors (Lipinski definition) is 0. The second-order valence-corrected chi connectivity index (χ2v) is 16.4. The number of unbranched alkanes of at least 4 members (excludes halogenated alkanes) is 12. The van der Waals surface area contributed by atoms with Gasteiger partial charge < -0.3 is 18.9 Å². The van der Waals surface area contributed by atoms with Crippen LogP contribution in [0.3, 0.4) is 0 Å². The lowest BCUT2D eigenvalue weighted by Crippen LogP contribution is -2.53. The van der Waals surface area contributed by atoms with E-state index in [9.17, 15) is 0 Å². The molecule has 2 heterocycles. The molecule has 6 unspecified atom stereocenters. The molecule has 3 aliphatic rings. The Kier molecular flexibility index (Phi) is 16.7. The molecule has 4 heteroatoms. The topological polar surface area (TPSA) is 36.9 Å². The molecule has 1 saturated carbocycles. The first-order valence-electron chi connectivity index (χ1n) is 21.2. The standard InChI is InChI=1S/C46H72O4/c1-5-7-9-11-13-15-18-24-41-34-47-44(49-36(41)3)39-30-32-42(33-31-39)46(4)43(25-21-16-14-12-10-8-6-2)35-48-45(50-46)40-28-26-38(27-29-40)37-22-19-17-20-23-37/h17,19-20,22-23,26-29,36,39,41-45H,5-16,18,21,24-25,30-35H2,1-4H3. The Morgan fingerprint density at radius 1 is 0.620 bits per heavy atom. The Hall–Kier alpha value is -1.72. The van der Waals surface area contributed by atoms with Crippen LogP contribution in [0.15, 0.2) is 54.6 Å². The minimum Gasteiger partial charge on any atom is -0.352 e. The monoisotopic (exact) mass is 689 g/mol. The summed E-state index contributed by atoms with van der Waals surface area (Å²) < 4.78 is 26.8. The summed E-state index contributed by atoms with van der Waals surface area (Å²) in [6.45, 7) is 11.0. The molecule has 2 saturated heterocycles. The molecule has 50 heavy (non-hydrogen) atoms. The zero-order valence-electron chi connectivity index (χ0n) is 32.4. The molecular weight excluding hydrogens is 617 g/mol. The van der Waals surface area contributed by atoms with E-state index in [1.165, 1.54) is 127 Å². The molecule has 4 nitrogen and oxygen atoms in total. The summed E-state index contributed by atoms with van der Waals surface area (Å²) in [7, 11) is 0. The number of benzene rings is 2. The van der Waals surface area contributed by atoms with Crippen LogP contribution in [0, 0.1) is 23.7 Å². The lowest BCUT2D eigenvalue weighted by Gasteiger charge is -2.51. The normalized spacial score (nSPS) is 30.4. The van der Waals surface area contributed by atoms with Crippen LogP contribution in [0.4, 0.5) is 0 Å². The average molecular weight is 689 g/mol. The van der Waals surface area contributed by atoms with Crippen LogP contribution in [0.5, 0.6) is 0 Å². The van der Waals surface area contributed by atoms with Gasteiger partial charge in [0.25, 0.3) is 0 Å². The third kappa shape index (κ3) is 11.4. The molecule has 0 aromatic heterocycles. The van der Waals surface area contributed by atoms with E-state index in [1.54, 1.807) is 0 Å². The van der Waals surface area contributed by atoms with Crippen molar-refractivity contribution in [2.45, 2.75) is 180 Å². The molecule has 2 aromatic rings. The second kappa shape index (κ2) is 21.1. The Balaban J connectivity index is 1.14. The fraction of sp³-hybridized carbons (Fsp3) is 0.739. The molecule has 2 aliphatic heterocycles. The lowest BCUT2D eigenvalue weighted by atomic mass is 9.67. The van der Waals surface area contributed by atoms with Crippen molar-refractivity contribution >= 4 is 0 Å². The maximum Gasteiger partial charge on any atom is 0.184 e. The largest absolute Gasteiger partial charge is 0.352 e. The van der Waals surface area contributed by atoms with Crippen LogP contribution in [0.2, 0.25) is 0 Å². The third-order valence-electron chi connectivity index (χ3n) is 12.7. The van der Waals surface area contributed by atoms with E-state index in [1.807, 2.05) is 0 Å². The average Bonchev–Trinajstić information content (AvgIpc) is 3.15. The Bertz CT molecular complexity index is 1170. The maximum absolute atomic E-state index is 7.17. The van der Waals surface area contributed by atoms with Gasteiger partial charge in [-0.15, -0.1) is 0 Å². The quantitative estimate of drug-likeness (QED) is 0.130. The van der Waals surface area contributed by atoms with Crippen molar-refractivity contribution in [3.8, 4) is 11.1 Å². The summed E-state index contributed by atoms with van der Waals surface area (Å²) in [6, 6.07) is 19.5. The van der Waals surface area contributed by atoms with Gasteiger partial charge in [0.1, 0.15) is 0 Å². The van der Waals surface area contributed by atoms with Crippen molar-refractivity contribution in [2.24, 2.45) is 23.7 Å². The first-order valence-corrected chi connectivity index (χ1v) is 21.2. The number of ether oxygens (including phenoxy) is 4. The van der Waals surface area contributed by atoms with Gasteiger partial charge >= 0.3 is 0 Å². The van der Waals surface area contributed by atoms with Gasteiger partial charge in [-0.1, -0.05) is 158 Å². The van der Waals surface area contributed by atoms with Gasteiger partial charge in [0, 0.05) is 23.3 Å². The highest BCUT2D eigenvalue weighted by atomic mass is 16.7. The van der Waals surface area contributed by atoms with Crippen LogP contribution >= 0.6 is 0 Å². The molecule has 0 amide bonds. The van der Waals surface area contributed by atoms with E-state index in [0.29, 0.717) is 29.8 Å². The molecule has 5 rings (SSSR count). The van der Waals surface area contributed by atoms with Gasteiger partial charge in [-0.25, -0.2) is 0 Å². The van der Waals surface area contributed by atoms with Crippen molar-refractivity contribution < 1.29 is 18.9 Å². The molecule has 280 valence electrons. The second-order valence-electron chi connectivity index (χ2n) is 16.4. The van der Waals surface area contributed by atoms with Crippen molar-refractivity contribution in [3.63, 3.8) is 0 Å². The molecule has 0 radical (unpaired) electrons. The highest BCUT2D eigenvalue weighted by molar-refractivity contribution is 5.63. The molecule has 0 spiro atoms. The van der Waals surface area contributed by atoms with Crippen LogP contribution in [0.1, 0.15) is 168 Å². The van der Waals surface area contributed by atoms with Gasteiger partial charge in [0.2, 0.25) is 0 Å². The fourth-order valence-electron chi connectivity index (χ4n) is 9.11. The van der Waals surface area contributed by atoms with Crippen LogP contribution in [-0.4, -0.2) is 31.2 Å². The van der Waals surface area contributed by atoms with Crippen molar-refractivity contribution in [2.75, 3.05) is 13.2 Å². The van der Waals surface area contributed by atoms with E-state index in [4.69, 9.17) is 18.9 Å². The smallest absolute Gasteiger partial charge is 0.184 e. The predicted octanol–water partition coefficient (Wildman–Crippen LogP) is 13.2. The molecule has 0 bridgehead atoms. The van der Waals surface area contributed by atoms with Crippen LogP contribution in [0.25, 0.3) is 11.1 Å². The minimum absolute atomic E-state index is 0.0426. The molecular formula is C46H72O4. The first-order chi connectivity index (χ1) is 24.5. The zero-order chi connectivity index (χ0) is 35.0. The van der Waals surface area contributed by atoms with Crippen LogP contribution < -0.4 is 0 Å². The minimum atomic E-state index is -0.313. The van der Waals surface area contributed by atoms with E-state index < -0.39 is 0 Å². The predicted molar refractivity (Wildman–Crippen MR) is 208 cm³/mol. The van der Waals surface area contributed by atoms with Crippen molar-refractivity contribution in [1.29, 1.82) is 0 Å². The summed E-state index contributed by atoms with van der Waals surface area (Å²) >= 11 is 0. The summed E-state index contributed by atoms with van der Waals surface area (Å²) in [5.74, 6) is 1.97. The van der Waals surface area contributed by atoms with E-state index >= 15 is 0 Å². The molecule has 1 aliphatic carbocycles. The van der Waals surface area contributed by atoms with Gasteiger partial charge in [0.05, 0.1) is 24.9 Å². The molecule has 3 fully saturated rings. The Morgan fingerprint density at radius 3 is 1.82 bits per heavy atom. The summed E-state index contributed by atoms with van der Waals surface area (Å²) in [4.78, 5) is 0. The molecule has 6 atom stereocenters. The molecule has 0 N–H and O–H groups in total. The Labute approximate surface area is 306 Å². The Morgan fingerprint density at radius 2 is 1.20 bits per heavy atom. The SMILES string of the molecule is CCCCCCCCCC1COC(C2CCC(C3(C)OC(c4ccc(-c5ccccc5)cc4)OCC3CCCCCCCCC)CC2)OC1C. The van der Waals surface area contributed by atoms with Gasteiger partial charge in [-0.3, -0.25) is 0 Å². The van der Waals surface area contributed by atoms with Gasteiger partial charge in [-0.05, 0) is 69.4 Å². The zero-order valence-corrected chi connectivity index (χ0v) is 32.4. The summed E-state index contributed by atoms with van der Waals surface area (Å²) in [6.07, 6.45) is 26.0.